The summed E-state index contributed by atoms with van der Waals surface area (Å²) in [6.07, 6.45) is -0.389. The minimum atomic E-state index is -0.389. The van der Waals surface area contributed by atoms with Gasteiger partial charge < -0.3 is 15.7 Å². The van der Waals surface area contributed by atoms with Gasteiger partial charge in [0.05, 0.1) is 6.10 Å². The second kappa shape index (κ2) is 6.05. The van der Waals surface area contributed by atoms with Crippen LogP contribution in [0.25, 0.3) is 0 Å². The smallest absolute Gasteiger partial charge is 0.238 e. The van der Waals surface area contributed by atoms with Crippen LogP contribution < -0.4 is 10.6 Å². The number of nitrogens with one attached hydrogen (secondary N) is 2. The van der Waals surface area contributed by atoms with E-state index in [4.69, 9.17) is 0 Å². The Morgan fingerprint density at radius 1 is 1.73 bits per heavy atom. The highest BCUT2D eigenvalue weighted by molar-refractivity contribution is 5.82. The highest BCUT2D eigenvalue weighted by Gasteiger charge is 2.28. The topological polar surface area (TPSA) is 64.6 Å². The number of carbonyl (C=O) groups is 1. The van der Waals surface area contributed by atoms with Crippen LogP contribution in [0.2, 0.25) is 0 Å². The maximum atomic E-state index is 11.7. The summed E-state index contributed by atoms with van der Waals surface area (Å²) >= 11 is 0. The highest BCUT2D eigenvalue weighted by Crippen LogP contribution is 2.04. The van der Waals surface area contributed by atoms with Crippen molar-refractivity contribution in [3.05, 3.63) is 0 Å². The van der Waals surface area contributed by atoms with E-state index >= 15 is 0 Å². The Bertz CT molecular complexity index is 209. The lowest BCUT2D eigenvalue weighted by atomic mass is 10.1. The number of nitrogens with zero attached hydrogens (tertiary/aromatic N) is 1. The predicted molar refractivity (Wildman–Crippen MR) is 58.6 cm³/mol. The minimum Gasteiger partial charge on any atom is -0.392 e. The molecule has 0 aromatic carbocycles. The molecule has 0 aromatic rings. The molecule has 1 unspecified atom stereocenters. The molecule has 1 amide bonds. The average molecular weight is 215 g/mol. The molecule has 1 heterocycles. The van der Waals surface area contributed by atoms with Gasteiger partial charge in [0.15, 0.2) is 0 Å². The molecule has 0 spiro atoms. The van der Waals surface area contributed by atoms with Crippen molar-refractivity contribution in [2.45, 2.75) is 26.0 Å². The Hall–Kier alpha value is -0.650. The molecule has 3 N–H and O–H groups in total. The molecule has 0 bridgehead atoms. The van der Waals surface area contributed by atoms with Gasteiger partial charge in [-0.3, -0.25) is 9.69 Å². The zero-order valence-corrected chi connectivity index (χ0v) is 9.49. The summed E-state index contributed by atoms with van der Waals surface area (Å²) in [5, 5.41) is 15.3. The molecule has 1 fully saturated rings. The Balaban J connectivity index is 2.52. The number of likely N-dealkylation sites (N-methyl/N-ethyl adjacent to an activating group) is 1. The first-order valence-corrected chi connectivity index (χ1v) is 5.55. The zero-order chi connectivity index (χ0) is 11.3. The predicted octanol–water partition coefficient (Wildman–Crippen LogP) is -1.22. The van der Waals surface area contributed by atoms with Crippen molar-refractivity contribution in [1.82, 2.24) is 15.5 Å². The van der Waals surface area contributed by atoms with Gasteiger partial charge in [0.1, 0.15) is 6.04 Å². The van der Waals surface area contributed by atoms with E-state index in [0.29, 0.717) is 19.6 Å². The van der Waals surface area contributed by atoms with E-state index in [1.807, 2.05) is 11.8 Å². The molecule has 1 rings (SSSR count). The van der Waals surface area contributed by atoms with Gasteiger partial charge in [-0.2, -0.15) is 0 Å². The maximum absolute atomic E-state index is 11.7. The van der Waals surface area contributed by atoms with Crippen LogP contribution in [0, 0.1) is 0 Å². The summed E-state index contributed by atoms with van der Waals surface area (Å²) in [6, 6.07) is -0.145. The Morgan fingerprint density at radius 2 is 2.47 bits per heavy atom. The van der Waals surface area contributed by atoms with Crippen LogP contribution in [0.3, 0.4) is 0 Å². The van der Waals surface area contributed by atoms with Crippen molar-refractivity contribution in [3.8, 4) is 0 Å². The van der Waals surface area contributed by atoms with E-state index in [1.165, 1.54) is 0 Å². The lowest BCUT2D eigenvalue weighted by Gasteiger charge is -2.35. The largest absolute Gasteiger partial charge is 0.392 e. The van der Waals surface area contributed by atoms with E-state index in [2.05, 4.69) is 10.6 Å². The molecule has 0 radical (unpaired) electrons. The van der Waals surface area contributed by atoms with Crippen LogP contribution in [0.4, 0.5) is 0 Å². The fourth-order valence-electron chi connectivity index (χ4n) is 1.85. The van der Waals surface area contributed by atoms with Crippen molar-refractivity contribution < 1.29 is 9.90 Å². The Kier molecular flexibility index (Phi) is 5.01. The summed E-state index contributed by atoms with van der Waals surface area (Å²) in [7, 11) is 0. The Morgan fingerprint density at radius 3 is 3.07 bits per heavy atom. The number of hydrogen-bond donors (Lipinski definition) is 3. The van der Waals surface area contributed by atoms with E-state index in [0.717, 1.165) is 13.1 Å². The number of amides is 1. The van der Waals surface area contributed by atoms with E-state index in [1.54, 1.807) is 6.92 Å². The number of aliphatic hydroxyl groups is 1. The SMILES string of the molecule is CCNC(=O)C1CNCCN1C[C@H](C)O. The first-order valence-electron chi connectivity index (χ1n) is 5.55. The van der Waals surface area contributed by atoms with Gasteiger partial charge in [0.2, 0.25) is 5.91 Å². The molecule has 0 aliphatic carbocycles. The monoisotopic (exact) mass is 215 g/mol. The fraction of sp³-hybridized carbons (Fsp3) is 0.900. The summed E-state index contributed by atoms with van der Waals surface area (Å²) in [5.74, 6) is 0.0466. The molecule has 0 saturated carbocycles. The molecule has 0 aromatic heterocycles. The van der Waals surface area contributed by atoms with Crippen LogP contribution in [0.5, 0.6) is 0 Å². The number of carbonyl (C=O) groups excluding carboxylic acids is 1. The van der Waals surface area contributed by atoms with Crippen LogP contribution >= 0.6 is 0 Å². The third-order valence-electron chi connectivity index (χ3n) is 2.51. The number of β-amino-alcohol motifs (C(OH)–C–C–N with tert-alkyl or cyclic N) is 1. The normalized spacial score (nSPS) is 24.9. The summed E-state index contributed by atoms with van der Waals surface area (Å²) in [5.41, 5.74) is 0. The van der Waals surface area contributed by atoms with Crippen LogP contribution in [0.15, 0.2) is 0 Å². The third kappa shape index (κ3) is 3.77. The molecular weight excluding hydrogens is 194 g/mol. The van der Waals surface area contributed by atoms with Gasteiger partial charge in [-0.1, -0.05) is 0 Å². The van der Waals surface area contributed by atoms with Crippen molar-refractivity contribution in [3.63, 3.8) is 0 Å². The third-order valence-corrected chi connectivity index (χ3v) is 2.51. The molecule has 1 aliphatic rings. The Labute approximate surface area is 90.8 Å². The van der Waals surface area contributed by atoms with Crippen molar-refractivity contribution in [1.29, 1.82) is 0 Å². The standard InChI is InChI=1S/C10H21N3O2/c1-3-12-10(15)9-6-11-4-5-13(9)7-8(2)14/h8-9,11,14H,3-7H2,1-2H3,(H,12,15)/t8-,9?/m0/s1. The summed E-state index contributed by atoms with van der Waals surface area (Å²) < 4.78 is 0. The van der Waals surface area contributed by atoms with Crippen LogP contribution in [-0.2, 0) is 4.79 Å². The quantitative estimate of drug-likeness (QED) is 0.550. The van der Waals surface area contributed by atoms with Gasteiger partial charge in [-0.15, -0.1) is 0 Å². The minimum absolute atomic E-state index is 0.0466. The molecule has 5 heteroatoms. The molecule has 15 heavy (non-hydrogen) atoms. The first-order chi connectivity index (χ1) is 7.15. The lowest BCUT2D eigenvalue weighted by Crippen LogP contribution is -2.59. The molecule has 1 aliphatic heterocycles. The second-order valence-electron chi connectivity index (χ2n) is 3.96. The molecular formula is C10H21N3O2. The van der Waals surface area contributed by atoms with Gasteiger partial charge in [0.25, 0.3) is 0 Å². The molecule has 2 atom stereocenters. The molecule has 5 nitrogen and oxygen atoms in total. The number of rotatable bonds is 4. The van der Waals surface area contributed by atoms with Gasteiger partial charge >= 0.3 is 0 Å². The number of piperazine rings is 1. The van der Waals surface area contributed by atoms with Crippen molar-refractivity contribution >= 4 is 5.91 Å². The zero-order valence-electron chi connectivity index (χ0n) is 9.49. The lowest BCUT2D eigenvalue weighted by molar-refractivity contribution is -0.127. The van der Waals surface area contributed by atoms with Crippen LogP contribution in [-0.4, -0.2) is 60.8 Å². The van der Waals surface area contributed by atoms with Crippen LogP contribution in [0.1, 0.15) is 13.8 Å². The van der Waals surface area contributed by atoms with E-state index < -0.39 is 0 Å². The number of hydrogen-bond acceptors (Lipinski definition) is 4. The first kappa shape index (κ1) is 12.4. The second-order valence-corrected chi connectivity index (χ2v) is 3.96. The summed E-state index contributed by atoms with van der Waals surface area (Å²) in [6.45, 7) is 7.22. The van der Waals surface area contributed by atoms with E-state index in [9.17, 15) is 9.90 Å². The van der Waals surface area contributed by atoms with Gasteiger partial charge in [-0.25, -0.2) is 0 Å². The van der Waals surface area contributed by atoms with Crippen molar-refractivity contribution in [2.24, 2.45) is 0 Å². The maximum Gasteiger partial charge on any atom is 0.238 e. The van der Waals surface area contributed by atoms with Gasteiger partial charge in [0, 0.05) is 32.7 Å². The molecule has 1 saturated heterocycles. The highest BCUT2D eigenvalue weighted by atomic mass is 16.3. The fourth-order valence-corrected chi connectivity index (χ4v) is 1.85. The van der Waals surface area contributed by atoms with E-state index in [-0.39, 0.29) is 18.1 Å². The van der Waals surface area contributed by atoms with Gasteiger partial charge in [-0.05, 0) is 13.8 Å². The number of aliphatic hydroxyl groups excluding tert-OH is 1. The average Bonchev–Trinajstić information content (AvgIpc) is 2.18. The molecule has 88 valence electrons. The van der Waals surface area contributed by atoms with Crippen molar-refractivity contribution in [2.75, 3.05) is 32.7 Å². The summed E-state index contributed by atoms with van der Waals surface area (Å²) in [4.78, 5) is 13.7.